The van der Waals surface area contributed by atoms with E-state index >= 15 is 0 Å². The fraction of sp³-hybridized carbons (Fsp3) is 0.571. The van der Waals surface area contributed by atoms with Gasteiger partial charge in [-0.25, -0.2) is 0 Å². The summed E-state index contributed by atoms with van der Waals surface area (Å²) in [6.45, 7) is 3.98. The molecule has 0 aliphatic carbocycles. The van der Waals surface area contributed by atoms with Gasteiger partial charge in [-0.2, -0.15) is 0 Å². The molecule has 0 fully saturated rings. The van der Waals surface area contributed by atoms with Crippen LogP contribution in [-0.2, 0) is 19.4 Å². The predicted octanol–water partition coefficient (Wildman–Crippen LogP) is 2.04. The molecule has 2 nitrogen and oxygen atoms in total. The van der Waals surface area contributed by atoms with Gasteiger partial charge in [0.15, 0.2) is 0 Å². The van der Waals surface area contributed by atoms with Crippen LogP contribution in [-0.4, -0.2) is 17.8 Å². The van der Waals surface area contributed by atoms with Crippen molar-refractivity contribution < 1.29 is 5.11 Å². The molecule has 16 heavy (non-hydrogen) atoms. The zero-order chi connectivity index (χ0) is 11.4. The van der Waals surface area contributed by atoms with Crippen molar-refractivity contribution in [2.24, 2.45) is 0 Å². The number of aliphatic hydroxyl groups excluding tert-OH is 1. The molecule has 0 aromatic heterocycles. The molecule has 2 N–H and O–H groups in total. The van der Waals surface area contributed by atoms with Crippen molar-refractivity contribution in [3.8, 4) is 0 Å². The third-order valence-electron chi connectivity index (χ3n) is 3.24. The number of benzene rings is 1. The molecule has 0 spiro atoms. The largest absolute Gasteiger partial charge is 0.393 e. The quantitative estimate of drug-likeness (QED) is 0.815. The van der Waals surface area contributed by atoms with Crippen molar-refractivity contribution in [2.45, 2.75) is 45.3 Å². The average molecular weight is 219 g/mol. The number of aliphatic hydroxyl groups is 1. The Labute approximate surface area is 97.7 Å². The molecule has 1 aliphatic heterocycles. The van der Waals surface area contributed by atoms with Gasteiger partial charge in [-0.1, -0.05) is 18.2 Å². The highest BCUT2D eigenvalue weighted by molar-refractivity contribution is 5.33. The van der Waals surface area contributed by atoms with E-state index in [0.29, 0.717) is 0 Å². The van der Waals surface area contributed by atoms with Gasteiger partial charge in [-0.05, 0) is 55.8 Å². The summed E-state index contributed by atoms with van der Waals surface area (Å²) in [5.41, 5.74) is 4.30. The van der Waals surface area contributed by atoms with E-state index in [4.69, 9.17) is 0 Å². The van der Waals surface area contributed by atoms with E-state index in [1.54, 1.807) is 0 Å². The molecule has 1 heterocycles. The lowest BCUT2D eigenvalue weighted by Crippen LogP contribution is -2.11. The molecule has 1 unspecified atom stereocenters. The van der Waals surface area contributed by atoms with Crippen LogP contribution in [0.5, 0.6) is 0 Å². The molecule has 1 aromatic rings. The van der Waals surface area contributed by atoms with Crippen molar-refractivity contribution in [1.29, 1.82) is 0 Å². The highest BCUT2D eigenvalue weighted by Crippen LogP contribution is 2.17. The SMILES string of the molecule is CC(O)CCc1ccc2c(c1)CCCNC2. The van der Waals surface area contributed by atoms with E-state index in [1.165, 1.54) is 29.5 Å². The van der Waals surface area contributed by atoms with E-state index in [9.17, 15) is 5.11 Å². The maximum atomic E-state index is 9.29. The molecule has 2 heteroatoms. The van der Waals surface area contributed by atoms with Gasteiger partial charge in [0.2, 0.25) is 0 Å². The zero-order valence-corrected chi connectivity index (χ0v) is 10.00. The molecule has 1 aromatic carbocycles. The first-order chi connectivity index (χ1) is 7.75. The molecule has 0 amide bonds. The molecule has 1 aliphatic rings. The summed E-state index contributed by atoms with van der Waals surface area (Å²) in [4.78, 5) is 0. The lowest BCUT2D eigenvalue weighted by Gasteiger charge is -2.09. The summed E-state index contributed by atoms with van der Waals surface area (Å²) < 4.78 is 0. The highest BCUT2D eigenvalue weighted by atomic mass is 16.3. The van der Waals surface area contributed by atoms with Crippen LogP contribution in [0.1, 0.15) is 36.5 Å². The van der Waals surface area contributed by atoms with Crippen molar-refractivity contribution in [2.75, 3.05) is 6.54 Å². The van der Waals surface area contributed by atoms with E-state index < -0.39 is 0 Å². The number of aryl methyl sites for hydroxylation is 2. The molecule has 88 valence electrons. The van der Waals surface area contributed by atoms with Crippen LogP contribution in [0.3, 0.4) is 0 Å². The van der Waals surface area contributed by atoms with Crippen LogP contribution in [0.4, 0.5) is 0 Å². The van der Waals surface area contributed by atoms with Crippen molar-refractivity contribution in [3.05, 3.63) is 34.9 Å². The zero-order valence-electron chi connectivity index (χ0n) is 10.00. The molecule has 0 saturated carbocycles. The van der Waals surface area contributed by atoms with Gasteiger partial charge in [0.05, 0.1) is 6.10 Å². The first-order valence-electron chi connectivity index (χ1n) is 6.25. The summed E-state index contributed by atoms with van der Waals surface area (Å²) in [6, 6.07) is 6.77. The van der Waals surface area contributed by atoms with Gasteiger partial charge in [0.25, 0.3) is 0 Å². The summed E-state index contributed by atoms with van der Waals surface area (Å²) >= 11 is 0. The lowest BCUT2D eigenvalue weighted by molar-refractivity contribution is 0.185. The second kappa shape index (κ2) is 5.46. The Bertz CT molecular complexity index is 347. The summed E-state index contributed by atoms with van der Waals surface area (Å²) in [5.74, 6) is 0. The van der Waals surface area contributed by atoms with Crippen molar-refractivity contribution in [3.63, 3.8) is 0 Å². The van der Waals surface area contributed by atoms with Gasteiger partial charge in [0.1, 0.15) is 0 Å². The molecule has 2 rings (SSSR count). The summed E-state index contributed by atoms with van der Waals surface area (Å²) in [6.07, 6.45) is 4.06. The summed E-state index contributed by atoms with van der Waals surface area (Å²) in [5, 5.41) is 12.7. The second-order valence-electron chi connectivity index (χ2n) is 4.77. The van der Waals surface area contributed by atoms with Gasteiger partial charge in [-0.15, -0.1) is 0 Å². The molecule has 1 atom stereocenters. The number of hydrogen-bond donors (Lipinski definition) is 2. The van der Waals surface area contributed by atoms with Crippen LogP contribution in [0.15, 0.2) is 18.2 Å². The van der Waals surface area contributed by atoms with E-state index in [0.717, 1.165) is 25.9 Å². The molecule has 0 bridgehead atoms. The summed E-state index contributed by atoms with van der Waals surface area (Å²) in [7, 11) is 0. The van der Waals surface area contributed by atoms with Crippen molar-refractivity contribution in [1.82, 2.24) is 5.32 Å². The number of fused-ring (bicyclic) bond motifs is 1. The normalized spacial score (nSPS) is 17.6. The Morgan fingerprint density at radius 2 is 2.25 bits per heavy atom. The van der Waals surface area contributed by atoms with Gasteiger partial charge >= 0.3 is 0 Å². The van der Waals surface area contributed by atoms with Gasteiger partial charge in [0, 0.05) is 6.54 Å². The molecule has 0 saturated heterocycles. The first kappa shape index (κ1) is 11.6. The second-order valence-corrected chi connectivity index (χ2v) is 4.77. The Hall–Kier alpha value is -0.860. The Morgan fingerprint density at radius 1 is 1.38 bits per heavy atom. The topological polar surface area (TPSA) is 32.3 Å². The molecule has 0 radical (unpaired) electrons. The standard InChI is InChI=1S/C14H21NO/c1-11(16)4-5-12-6-7-14-10-15-8-2-3-13(14)9-12/h6-7,9,11,15-16H,2-5,8,10H2,1H3. The van der Waals surface area contributed by atoms with E-state index in [2.05, 4.69) is 23.5 Å². The number of hydrogen-bond acceptors (Lipinski definition) is 2. The number of rotatable bonds is 3. The monoisotopic (exact) mass is 219 g/mol. The first-order valence-corrected chi connectivity index (χ1v) is 6.25. The minimum Gasteiger partial charge on any atom is -0.393 e. The van der Waals surface area contributed by atoms with Crippen LogP contribution < -0.4 is 5.32 Å². The highest BCUT2D eigenvalue weighted by Gasteiger charge is 2.08. The maximum absolute atomic E-state index is 9.29. The maximum Gasteiger partial charge on any atom is 0.0515 e. The van der Waals surface area contributed by atoms with Crippen molar-refractivity contribution >= 4 is 0 Å². The smallest absolute Gasteiger partial charge is 0.0515 e. The predicted molar refractivity (Wildman–Crippen MR) is 66.5 cm³/mol. The fourth-order valence-electron chi connectivity index (χ4n) is 2.24. The Kier molecular flexibility index (Phi) is 3.97. The molecular formula is C14H21NO. The Balaban J connectivity index is 2.08. The van der Waals surface area contributed by atoms with Gasteiger partial charge < -0.3 is 10.4 Å². The minimum absolute atomic E-state index is 0.194. The van der Waals surface area contributed by atoms with Crippen LogP contribution in [0, 0.1) is 0 Å². The van der Waals surface area contributed by atoms with E-state index in [1.807, 2.05) is 6.92 Å². The van der Waals surface area contributed by atoms with Crippen LogP contribution in [0.25, 0.3) is 0 Å². The number of nitrogens with one attached hydrogen (secondary N) is 1. The van der Waals surface area contributed by atoms with Crippen LogP contribution >= 0.6 is 0 Å². The average Bonchev–Trinajstić information content (AvgIpc) is 2.50. The third kappa shape index (κ3) is 3.06. The van der Waals surface area contributed by atoms with E-state index in [-0.39, 0.29) is 6.10 Å². The molecular weight excluding hydrogens is 198 g/mol. The third-order valence-corrected chi connectivity index (χ3v) is 3.24. The van der Waals surface area contributed by atoms with Crippen LogP contribution in [0.2, 0.25) is 0 Å². The van der Waals surface area contributed by atoms with Gasteiger partial charge in [-0.3, -0.25) is 0 Å². The fourth-order valence-corrected chi connectivity index (χ4v) is 2.24. The lowest BCUT2D eigenvalue weighted by atomic mass is 9.98. The minimum atomic E-state index is -0.194. The Morgan fingerprint density at radius 3 is 3.06 bits per heavy atom.